The van der Waals surface area contributed by atoms with Gasteiger partial charge in [-0.25, -0.2) is 9.07 Å². The Morgan fingerprint density at radius 2 is 1.59 bits per heavy atom. The zero-order valence-electron chi connectivity index (χ0n) is 12.3. The summed E-state index contributed by atoms with van der Waals surface area (Å²) in [6.45, 7) is -3.64. The van der Waals surface area contributed by atoms with Gasteiger partial charge in [0.1, 0.15) is 5.69 Å². The number of hydrogen-bond donors (Lipinski definition) is 0. The molecule has 0 N–H and O–H groups in total. The third-order valence-electron chi connectivity index (χ3n) is 3.20. The van der Waals surface area contributed by atoms with E-state index in [1.807, 2.05) is 0 Å². The maximum Gasteiger partial charge on any atom is 0.435 e. The van der Waals surface area contributed by atoms with Crippen LogP contribution in [-0.2, 0) is 5.67 Å². The minimum absolute atomic E-state index is 0.0325. The third-order valence-corrected chi connectivity index (χ3v) is 4.05. The molecule has 27 heavy (non-hydrogen) atoms. The van der Waals surface area contributed by atoms with E-state index in [2.05, 4.69) is 9.84 Å². The molecule has 0 atom stereocenters. The number of hydrogen-bond acceptors (Lipinski definition) is 2. The Balaban J connectivity index is 2.79. The van der Waals surface area contributed by atoms with Crippen LogP contribution in [0.1, 0.15) is 5.56 Å². The van der Waals surface area contributed by atoms with Gasteiger partial charge in [-0.15, -0.1) is 0 Å². The zero-order chi connectivity index (χ0) is 20.8. The fraction of sp³-hybridized carbons (Fsp3) is 0.308. The van der Waals surface area contributed by atoms with Gasteiger partial charge >= 0.3 is 24.6 Å². The lowest BCUT2D eigenvalue weighted by molar-refractivity contribution is -0.348. The fourth-order valence-corrected chi connectivity index (χ4v) is 2.78. The van der Waals surface area contributed by atoms with Crippen LogP contribution in [0.3, 0.4) is 0 Å². The predicted octanol–water partition coefficient (Wildman–Crippen LogP) is 6.02. The molecular weight excluding hydrogens is 533 g/mol. The van der Waals surface area contributed by atoms with Crippen molar-refractivity contribution in [2.75, 3.05) is 0 Å². The van der Waals surface area contributed by atoms with Crippen LogP contribution in [0.4, 0.5) is 39.5 Å². The lowest BCUT2D eigenvalue weighted by Crippen LogP contribution is -2.50. The highest BCUT2D eigenvalue weighted by molar-refractivity contribution is 14.1. The number of benzene rings is 1. The number of alkyl halides is 9. The van der Waals surface area contributed by atoms with Crippen LogP contribution in [-0.4, -0.2) is 28.7 Å². The molecule has 1 aromatic heterocycles. The van der Waals surface area contributed by atoms with Gasteiger partial charge in [0.15, 0.2) is 5.75 Å². The second kappa shape index (κ2) is 7.22. The van der Waals surface area contributed by atoms with Crippen molar-refractivity contribution in [3.8, 4) is 11.4 Å². The number of rotatable bonds is 4. The van der Waals surface area contributed by atoms with Crippen LogP contribution < -0.4 is 4.74 Å². The first-order valence-electron chi connectivity index (χ1n) is 6.50. The average Bonchev–Trinajstić information content (AvgIpc) is 2.88. The summed E-state index contributed by atoms with van der Waals surface area (Å²) in [4.78, 5) is 0. The van der Waals surface area contributed by atoms with Crippen molar-refractivity contribution < 1.29 is 44.3 Å². The number of nitrogens with zero attached hydrogens (tertiary/aromatic N) is 2. The Kier molecular flexibility index (Phi) is 5.86. The molecule has 0 saturated heterocycles. The van der Waals surface area contributed by atoms with Crippen molar-refractivity contribution in [1.29, 1.82) is 0 Å². The van der Waals surface area contributed by atoms with E-state index >= 15 is 0 Å². The highest BCUT2D eigenvalue weighted by Crippen LogP contribution is 2.54. The molecule has 0 aliphatic heterocycles. The fourth-order valence-electron chi connectivity index (χ4n) is 2.09. The molecule has 14 heteroatoms. The van der Waals surface area contributed by atoms with E-state index in [9.17, 15) is 39.5 Å². The minimum atomic E-state index is -6.45. The molecule has 0 amide bonds. The van der Waals surface area contributed by atoms with Crippen molar-refractivity contribution in [3.05, 3.63) is 38.7 Å². The molecular formula is C13H5ClF9IN2O. The average molecular weight is 539 g/mol. The molecule has 1 heterocycles. The normalized spacial score (nSPS) is 13.3. The Hall–Kier alpha value is -1.38. The van der Waals surface area contributed by atoms with Crippen molar-refractivity contribution in [2.24, 2.45) is 0 Å². The summed E-state index contributed by atoms with van der Waals surface area (Å²) in [6.07, 6.45) is -10.5. The Bertz CT molecular complexity index is 820. The van der Waals surface area contributed by atoms with Gasteiger partial charge in [0, 0.05) is 11.8 Å². The maximum atomic E-state index is 14.2. The highest BCUT2D eigenvalue weighted by atomic mass is 127. The summed E-state index contributed by atoms with van der Waals surface area (Å²) in [7, 11) is 0. The molecule has 0 saturated carbocycles. The Morgan fingerprint density at radius 1 is 1.04 bits per heavy atom. The maximum absolute atomic E-state index is 14.2. The van der Waals surface area contributed by atoms with E-state index in [1.54, 1.807) is 22.6 Å². The molecule has 0 spiro atoms. The van der Waals surface area contributed by atoms with E-state index in [0.29, 0.717) is 3.57 Å². The lowest BCUT2D eigenvalue weighted by Gasteiger charge is -2.31. The highest BCUT2D eigenvalue weighted by Gasteiger charge is 2.73. The predicted molar refractivity (Wildman–Crippen MR) is 82.8 cm³/mol. The van der Waals surface area contributed by atoms with Crippen molar-refractivity contribution in [2.45, 2.75) is 24.6 Å². The van der Waals surface area contributed by atoms with Gasteiger partial charge in [0.2, 0.25) is 0 Å². The third kappa shape index (κ3) is 4.07. The Morgan fingerprint density at radius 3 is 2.00 bits per heavy atom. The summed E-state index contributed by atoms with van der Waals surface area (Å²) in [6, 6.07) is -0.104. The van der Waals surface area contributed by atoms with Gasteiger partial charge in [0.25, 0.3) is 0 Å². The van der Waals surface area contributed by atoms with Crippen LogP contribution in [0.25, 0.3) is 5.69 Å². The number of aromatic nitrogens is 2. The summed E-state index contributed by atoms with van der Waals surface area (Å²) in [5.74, 6) is -1.22. The molecule has 0 bridgehead atoms. The largest absolute Gasteiger partial charge is 0.435 e. The Labute approximate surface area is 163 Å². The second-order valence-electron chi connectivity index (χ2n) is 4.94. The monoisotopic (exact) mass is 538 g/mol. The van der Waals surface area contributed by atoms with Crippen LogP contribution in [0.5, 0.6) is 5.75 Å². The summed E-state index contributed by atoms with van der Waals surface area (Å²) < 4.78 is 122. The molecule has 2 rings (SSSR count). The van der Waals surface area contributed by atoms with Gasteiger partial charge < -0.3 is 4.74 Å². The lowest BCUT2D eigenvalue weighted by atomic mass is 9.93. The van der Waals surface area contributed by atoms with Gasteiger partial charge in [-0.2, -0.15) is 40.2 Å². The van der Waals surface area contributed by atoms with Gasteiger partial charge in [-0.3, -0.25) is 0 Å². The summed E-state index contributed by atoms with van der Waals surface area (Å²) in [5, 5.41) is 2.75. The first-order valence-corrected chi connectivity index (χ1v) is 7.96. The molecule has 0 radical (unpaired) electrons. The van der Waals surface area contributed by atoms with Crippen LogP contribution in [0, 0.1) is 3.57 Å². The second-order valence-corrected chi connectivity index (χ2v) is 6.59. The quantitative estimate of drug-likeness (QED) is 0.352. The van der Waals surface area contributed by atoms with Crippen molar-refractivity contribution >= 4 is 34.2 Å². The number of ether oxygens (including phenoxy) is 1. The standard InChI is InChI=1S/C13H5ClF9IN2O/c14-7-1-5(11(17,12(18,19)20)13(21,22)23)2-8(27-10(15)16)9(7)26-4-6(24)3-25-26/h1-4,10H. The first-order chi connectivity index (χ1) is 12.2. The molecule has 1 aromatic carbocycles. The van der Waals surface area contributed by atoms with Gasteiger partial charge in [0.05, 0.1) is 14.8 Å². The SMILES string of the molecule is FC(F)Oc1cc(C(F)(C(F)(F)F)C(F)(F)F)cc(Cl)c1-n1cc(I)cn1. The van der Waals surface area contributed by atoms with E-state index in [4.69, 9.17) is 11.6 Å². The number of halogens is 11. The molecule has 0 aliphatic rings. The van der Waals surface area contributed by atoms with Crippen LogP contribution >= 0.6 is 34.2 Å². The molecule has 0 aliphatic carbocycles. The molecule has 0 fully saturated rings. The van der Waals surface area contributed by atoms with Crippen molar-refractivity contribution in [3.63, 3.8) is 0 Å². The summed E-state index contributed by atoms with van der Waals surface area (Å²) in [5.41, 5.74) is -8.51. The molecule has 2 aromatic rings. The van der Waals surface area contributed by atoms with Crippen molar-refractivity contribution in [1.82, 2.24) is 9.78 Å². The van der Waals surface area contributed by atoms with Crippen LogP contribution in [0.15, 0.2) is 24.5 Å². The van der Waals surface area contributed by atoms with Crippen LogP contribution in [0.2, 0.25) is 5.02 Å². The molecule has 150 valence electrons. The minimum Gasteiger partial charge on any atom is -0.432 e. The van der Waals surface area contributed by atoms with Gasteiger partial charge in [-0.1, -0.05) is 11.6 Å². The van der Waals surface area contributed by atoms with Gasteiger partial charge in [-0.05, 0) is 34.7 Å². The van der Waals surface area contributed by atoms with E-state index < -0.39 is 46.7 Å². The first kappa shape index (κ1) is 21.9. The zero-order valence-corrected chi connectivity index (χ0v) is 15.3. The van der Waals surface area contributed by atoms with E-state index in [0.717, 1.165) is 4.68 Å². The molecule has 0 unspecified atom stereocenters. The molecule has 3 nitrogen and oxygen atoms in total. The summed E-state index contributed by atoms with van der Waals surface area (Å²) >= 11 is 7.42. The topological polar surface area (TPSA) is 27.1 Å². The van der Waals surface area contributed by atoms with E-state index in [1.165, 1.54) is 12.4 Å². The smallest absolute Gasteiger partial charge is 0.432 e. The van der Waals surface area contributed by atoms with E-state index in [-0.39, 0.29) is 12.1 Å².